The van der Waals surface area contributed by atoms with Crippen LogP contribution >= 0.6 is 11.6 Å². The fourth-order valence-electron chi connectivity index (χ4n) is 1.89. The molecule has 0 bridgehead atoms. The van der Waals surface area contributed by atoms with Crippen LogP contribution < -0.4 is 0 Å². The lowest BCUT2D eigenvalue weighted by Gasteiger charge is -2.12. The van der Waals surface area contributed by atoms with E-state index in [4.69, 9.17) is 15.8 Å². The van der Waals surface area contributed by atoms with E-state index in [1.807, 2.05) is 6.92 Å². The minimum atomic E-state index is -3.85. The molecule has 0 saturated carbocycles. The van der Waals surface area contributed by atoms with E-state index in [1.165, 1.54) is 12.1 Å². The molecule has 0 aromatic heterocycles. The second kappa shape index (κ2) is 7.24. The van der Waals surface area contributed by atoms with Crippen LogP contribution in [0.3, 0.4) is 0 Å². The Hall–Kier alpha value is -1.40. The number of hydrogen-bond acceptors (Lipinski definition) is 4. The van der Waals surface area contributed by atoms with Crippen LogP contribution in [0.2, 0.25) is 5.02 Å². The molecule has 2 aromatic rings. The molecule has 0 fully saturated rings. The molecule has 1 N–H and O–H groups in total. The molecular weight excluding hydrogens is 324 g/mol. The maximum Gasteiger partial charge on any atom is 0.297 e. The van der Waals surface area contributed by atoms with Crippen LogP contribution in [0.4, 0.5) is 0 Å². The van der Waals surface area contributed by atoms with Crippen molar-refractivity contribution in [2.75, 3.05) is 6.61 Å². The van der Waals surface area contributed by atoms with Crippen molar-refractivity contribution in [3.63, 3.8) is 0 Å². The Balaban J connectivity index is 1.93. The lowest BCUT2D eigenvalue weighted by atomic mass is 10.1. The van der Waals surface area contributed by atoms with Gasteiger partial charge in [0.2, 0.25) is 0 Å². The van der Waals surface area contributed by atoms with Gasteiger partial charge in [-0.25, -0.2) is 0 Å². The van der Waals surface area contributed by atoms with Crippen molar-refractivity contribution in [3.05, 3.63) is 64.7 Å². The number of hydrogen-bond donors (Lipinski definition) is 1. The number of rotatable bonds is 6. The summed E-state index contributed by atoms with van der Waals surface area (Å²) < 4.78 is 28.9. The van der Waals surface area contributed by atoms with E-state index in [0.717, 1.165) is 11.1 Å². The molecule has 0 aliphatic carbocycles. The van der Waals surface area contributed by atoms with Gasteiger partial charge in [-0.1, -0.05) is 41.4 Å². The fraction of sp³-hybridized carbons (Fsp3) is 0.250. The molecular formula is C16H17ClO4S. The van der Waals surface area contributed by atoms with Gasteiger partial charge in [-0.3, -0.25) is 4.18 Å². The predicted molar refractivity (Wildman–Crippen MR) is 85.5 cm³/mol. The van der Waals surface area contributed by atoms with Crippen molar-refractivity contribution in [3.8, 4) is 0 Å². The summed E-state index contributed by atoms with van der Waals surface area (Å²) in [5, 5.41) is 10.5. The molecule has 0 aliphatic rings. The van der Waals surface area contributed by atoms with E-state index in [9.17, 15) is 13.5 Å². The zero-order valence-electron chi connectivity index (χ0n) is 12.1. The maximum absolute atomic E-state index is 12.0. The Morgan fingerprint density at radius 2 is 1.68 bits per heavy atom. The standard InChI is InChI=1S/C16H17ClO4S/c1-12-2-8-16(9-3-12)22(19,20)21-11-15(18)10-13-4-6-14(17)7-5-13/h2-9,15,18H,10-11H2,1H3/t15-/m0/s1. The molecule has 118 valence electrons. The van der Waals surface area contributed by atoms with Gasteiger partial charge in [-0.05, 0) is 36.8 Å². The van der Waals surface area contributed by atoms with Gasteiger partial charge >= 0.3 is 0 Å². The number of aliphatic hydroxyl groups is 1. The Labute approximate surface area is 135 Å². The fourth-order valence-corrected chi connectivity index (χ4v) is 2.96. The smallest absolute Gasteiger partial charge is 0.297 e. The molecule has 2 rings (SSSR count). The van der Waals surface area contributed by atoms with Crippen molar-refractivity contribution in [1.29, 1.82) is 0 Å². The summed E-state index contributed by atoms with van der Waals surface area (Å²) in [7, 11) is -3.85. The summed E-state index contributed by atoms with van der Waals surface area (Å²) in [5.41, 5.74) is 1.81. The van der Waals surface area contributed by atoms with E-state index in [0.29, 0.717) is 11.4 Å². The zero-order valence-corrected chi connectivity index (χ0v) is 13.6. The minimum Gasteiger partial charge on any atom is -0.390 e. The SMILES string of the molecule is Cc1ccc(S(=O)(=O)OC[C@@H](O)Cc2ccc(Cl)cc2)cc1. The van der Waals surface area contributed by atoms with Crippen molar-refractivity contribution < 1.29 is 17.7 Å². The first-order chi connectivity index (χ1) is 10.4. The summed E-state index contributed by atoms with van der Waals surface area (Å²) in [5.74, 6) is 0. The second-order valence-corrected chi connectivity index (χ2v) is 7.09. The molecule has 6 heteroatoms. The molecule has 0 aliphatic heterocycles. The van der Waals surface area contributed by atoms with E-state index in [1.54, 1.807) is 36.4 Å². The van der Waals surface area contributed by atoms with Crippen LogP contribution in [0.5, 0.6) is 0 Å². The molecule has 4 nitrogen and oxygen atoms in total. The zero-order chi connectivity index (χ0) is 16.2. The van der Waals surface area contributed by atoms with Crippen LogP contribution in [0.15, 0.2) is 53.4 Å². The molecule has 2 aromatic carbocycles. The van der Waals surface area contributed by atoms with Crippen LogP contribution in [-0.4, -0.2) is 26.2 Å². The third-order valence-corrected chi connectivity index (χ3v) is 4.66. The summed E-state index contributed by atoms with van der Waals surface area (Å²) in [4.78, 5) is 0.0804. The topological polar surface area (TPSA) is 63.6 Å². The highest BCUT2D eigenvalue weighted by Gasteiger charge is 2.17. The predicted octanol–water partition coefficient (Wildman–Crippen LogP) is 2.96. The third kappa shape index (κ3) is 4.81. The molecule has 22 heavy (non-hydrogen) atoms. The average molecular weight is 341 g/mol. The lowest BCUT2D eigenvalue weighted by Crippen LogP contribution is -2.21. The van der Waals surface area contributed by atoms with Gasteiger partial charge in [0.15, 0.2) is 0 Å². The Morgan fingerprint density at radius 3 is 2.27 bits per heavy atom. The first kappa shape index (κ1) is 17.0. The minimum absolute atomic E-state index is 0.0804. The van der Waals surface area contributed by atoms with Gasteiger partial charge in [0.05, 0.1) is 17.6 Å². The van der Waals surface area contributed by atoms with Crippen LogP contribution in [0, 0.1) is 6.92 Å². The highest BCUT2D eigenvalue weighted by molar-refractivity contribution is 7.86. The van der Waals surface area contributed by atoms with E-state index in [-0.39, 0.29) is 11.5 Å². The first-order valence-corrected chi connectivity index (χ1v) is 8.54. The molecule has 0 saturated heterocycles. The van der Waals surface area contributed by atoms with Gasteiger partial charge in [0, 0.05) is 11.4 Å². The largest absolute Gasteiger partial charge is 0.390 e. The van der Waals surface area contributed by atoms with Crippen LogP contribution in [-0.2, 0) is 20.7 Å². The maximum atomic E-state index is 12.0. The van der Waals surface area contributed by atoms with Gasteiger partial charge in [-0.15, -0.1) is 0 Å². The summed E-state index contributed by atoms with van der Waals surface area (Å²) in [6.07, 6.45) is -0.623. The molecule has 0 spiro atoms. The Bertz CT molecular complexity index is 709. The van der Waals surface area contributed by atoms with Crippen molar-refractivity contribution in [2.24, 2.45) is 0 Å². The molecule has 0 unspecified atom stereocenters. The number of aryl methyl sites for hydroxylation is 1. The number of aliphatic hydroxyl groups excluding tert-OH is 1. The quantitative estimate of drug-likeness (QED) is 0.821. The van der Waals surface area contributed by atoms with Crippen molar-refractivity contribution >= 4 is 21.7 Å². The van der Waals surface area contributed by atoms with Gasteiger partial charge < -0.3 is 5.11 Å². The molecule has 1 atom stereocenters. The number of halogens is 1. The van der Waals surface area contributed by atoms with Gasteiger partial charge in [0.25, 0.3) is 10.1 Å². The van der Waals surface area contributed by atoms with E-state index >= 15 is 0 Å². The summed E-state index contributed by atoms with van der Waals surface area (Å²) >= 11 is 5.78. The lowest BCUT2D eigenvalue weighted by molar-refractivity contribution is 0.111. The van der Waals surface area contributed by atoms with E-state index < -0.39 is 16.2 Å². The highest BCUT2D eigenvalue weighted by atomic mass is 35.5. The first-order valence-electron chi connectivity index (χ1n) is 6.75. The van der Waals surface area contributed by atoms with Crippen molar-refractivity contribution in [1.82, 2.24) is 0 Å². The Morgan fingerprint density at radius 1 is 1.09 bits per heavy atom. The van der Waals surface area contributed by atoms with Gasteiger partial charge in [0.1, 0.15) is 0 Å². The average Bonchev–Trinajstić information content (AvgIpc) is 2.48. The van der Waals surface area contributed by atoms with Crippen LogP contribution in [0.1, 0.15) is 11.1 Å². The third-order valence-electron chi connectivity index (χ3n) is 3.11. The summed E-state index contributed by atoms with van der Waals surface area (Å²) in [6.45, 7) is 1.58. The Kier molecular flexibility index (Phi) is 5.58. The van der Waals surface area contributed by atoms with E-state index in [2.05, 4.69) is 0 Å². The normalized spacial score (nSPS) is 13.0. The highest BCUT2D eigenvalue weighted by Crippen LogP contribution is 2.15. The van der Waals surface area contributed by atoms with Gasteiger partial charge in [-0.2, -0.15) is 8.42 Å². The monoisotopic (exact) mass is 340 g/mol. The number of benzene rings is 2. The molecule has 0 amide bonds. The van der Waals surface area contributed by atoms with Crippen LogP contribution in [0.25, 0.3) is 0 Å². The van der Waals surface area contributed by atoms with Crippen molar-refractivity contribution in [2.45, 2.75) is 24.3 Å². The molecule has 0 radical (unpaired) electrons. The second-order valence-electron chi connectivity index (χ2n) is 5.04. The summed E-state index contributed by atoms with van der Waals surface area (Å²) in [6, 6.07) is 13.3. The molecule has 0 heterocycles.